The highest BCUT2D eigenvalue weighted by Crippen LogP contribution is 2.44. The summed E-state index contributed by atoms with van der Waals surface area (Å²) in [5.41, 5.74) is 8.28. The van der Waals surface area contributed by atoms with Gasteiger partial charge in [-0.05, 0) is 94.0 Å². The molecular formula is C36H48N6O8S2. The minimum absolute atomic E-state index is 0.0124. The second-order valence-electron chi connectivity index (χ2n) is 13.8. The van der Waals surface area contributed by atoms with Gasteiger partial charge in [0.25, 0.3) is 10.0 Å². The van der Waals surface area contributed by atoms with Crippen LogP contribution in [0.3, 0.4) is 0 Å². The van der Waals surface area contributed by atoms with Crippen molar-refractivity contribution in [2.75, 3.05) is 39.3 Å². The Morgan fingerprint density at radius 3 is 2.29 bits per heavy atom. The molecule has 2 aliphatic rings. The van der Waals surface area contributed by atoms with E-state index in [4.69, 9.17) is 15.2 Å². The maximum Gasteiger partial charge on any atom is 0.409 e. The Morgan fingerprint density at radius 1 is 0.962 bits per heavy atom. The summed E-state index contributed by atoms with van der Waals surface area (Å²) < 4.78 is 72.0. The lowest BCUT2D eigenvalue weighted by Crippen LogP contribution is -2.56. The average molecular weight is 757 g/mol. The fourth-order valence-electron chi connectivity index (χ4n) is 6.73. The number of fused-ring (bicyclic) bond motifs is 2. The van der Waals surface area contributed by atoms with Crippen LogP contribution in [0.2, 0.25) is 0 Å². The highest BCUT2D eigenvalue weighted by Gasteiger charge is 2.37. The third-order valence-corrected chi connectivity index (χ3v) is 12.5. The quantitative estimate of drug-likeness (QED) is 0.148. The van der Waals surface area contributed by atoms with Gasteiger partial charge >= 0.3 is 6.09 Å². The van der Waals surface area contributed by atoms with E-state index in [-0.39, 0.29) is 67.9 Å². The fourth-order valence-corrected chi connectivity index (χ4v) is 9.45. The number of hydrogen-bond donors (Lipinski definition) is 3. The molecule has 1 saturated heterocycles. The molecule has 14 nitrogen and oxygen atoms in total. The molecule has 2 amide bonds. The van der Waals surface area contributed by atoms with Crippen molar-refractivity contribution in [3.8, 4) is 5.75 Å². The lowest BCUT2D eigenvalue weighted by molar-refractivity contribution is -0.134. The number of piperazine rings is 1. The fraction of sp³-hybridized carbons (Fsp3) is 0.472. The van der Waals surface area contributed by atoms with Crippen LogP contribution in [0, 0.1) is 20.8 Å². The number of amides is 2. The second kappa shape index (κ2) is 15.3. The number of ether oxygens (including phenoxy) is 2. The zero-order valence-electron chi connectivity index (χ0n) is 30.5. The van der Waals surface area contributed by atoms with Crippen LogP contribution in [0.4, 0.5) is 4.79 Å². The predicted molar refractivity (Wildman–Crippen MR) is 198 cm³/mol. The highest BCUT2D eigenvalue weighted by atomic mass is 32.2. The molecule has 0 spiro atoms. The molecule has 1 unspecified atom stereocenters. The van der Waals surface area contributed by atoms with Crippen molar-refractivity contribution in [3.63, 3.8) is 0 Å². The summed E-state index contributed by atoms with van der Waals surface area (Å²) in [6.07, 6.45) is 0.387. The summed E-state index contributed by atoms with van der Waals surface area (Å²) in [5, 5.41) is 4.41. The third kappa shape index (κ3) is 8.45. The van der Waals surface area contributed by atoms with E-state index < -0.39 is 43.7 Å². The van der Waals surface area contributed by atoms with E-state index in [0.29, 0.717) is 23.3 Å². The van der Waals surface area contributed by atoms with Gasteiger partial charge in [0.2, 0.25) is 21.9 Å². The molecule has 2 aliphatic heterocycles. The van der Waals surface area contributed by atoms with Crippen LogP contribution in [-0.2, 0) is 36.0 Å². The molecule has 3 aromatic carbocycles. The summed E-state index contributed by atoms with van der Waals surface area (Å²) in [7, 11) is -8.35. The van der Waals surface area contributed by atoms with E-state index >= 15 is 0 Å². The maximum atomic E-state index is 13.8. The Kier molecular flexibility index (Phi) is 11.4. The standard InChI is InChI=1S/C36H48N6O8S2/c1-7-49-35(44)42-19-17-41(18-20-42)33(43)30(39-51(45,46)28-15-14-26-11-8-9-12-27(26)21-28)13-10-16-38-34(37)40-52(47,48)32-24(3)23(2)31-29(25(32)4)22-36(5,6)50-31/h8-9,11-12,14-15,21,30,39H,7,10,13,16-20,22H2,1-6H3,(H3,37,38,40). The number of guanidine groups is 1. The van der Waals surface area contributed by atoms with Gasteiger partial charge in [-0.25, -0.2) is 13.2 Å². The van der Waals surface area contributed by atoms with Crippen LogP contribution in [0.15, 0.2) is 56.7 Å². The summed E-state index contributed by atoms with van der Waals surface area (Å²) >= 11 is 0. The van der Waals surface area contributed by atoms with Crippen molar-refractivity contribution in [2.45, 2.75) is 82.2 Å². The van der Waals surface area contributed by atoms with Crippen LogP contribution in [-0.4, -0.2) is 95.6 Å². The molecule has 282 valence electrons. The third-order valence-electron chi connectivity index (χ3n) is 9.49. The molecule has 1 fully saturated rings. The lowest BCUT2D eigenvalue weighted by atomic mass is 9.94. The Labute approximate surface area is 305 Å². The van der Waals surface area contributed by atoms with Gasteiger partial charge in [0.1, 0.15) is 17.4 Å². The number of rotatable bonds is 11. The van der Waals surface area contributed by atoms with Gasteiger partial charge in [-0.2, -0.15) is 13.1 Å². The van der Waals surface area contributed by atoms with Gasteiger partial charge in [0.05, 0.1) is 16.4 Å². The van der Waals surface area contributed by atoms with Crippen molar-refractivity contribution in [1.29, 1.82) is 0 Å². The predicted octanol–water partition coefficient (Wildman–Crippen LogP) is 3.50. The first-order valence-electron chi connectivity index (χ1n) is 17.3. The lowest BCUT2D eigenvalue weighted by Gasteiger charge is -2.36. The number of nitrogens with zero attached hydrogens (tertiary/aromatic N) is 3. The first kappa shape index (κ1) is 38.8. The molecule has 1 atom stereocenters. The molecule has 3 aromatic rings. The average Bonchev–Trinajstić information content (AvgIpc) is 3.43. The zero-order valence-corrected chi connectivity index (χ0v) is 32.1. The smallest absolute Gasteiger partial charge is 0.409 e. The van der Waals surface area contributed by atoms with Crippen molar-refractivity contribution in [3.05, 3.63) is 64.7 Å². The SMILES string of the molecule is CCOC(=O)N1CCN(C(=O)C(CCCNC(N)=NS(=O)(=O)c2c(C)c(C)c3c(c2C)CC(C)(C)O3)NS(=O)(=O)c2ccc3ccccc3c2)CC1. The molecule has 0 bridgehead atoms. The number of hydrogen-bond acceptors (Lipinski definition) is 8. The van der Waals surface area contributed by atoms with Crippen LogP contribution >= 0.6 is 0 Å². The van der Waals surface area contributed by atoms with Crippen LogP contribution < -0.4 is 20.5 Å². The number of nitrogens with two attached hydrogens (primary N) is 1. The van der Waals surface area contributed by atoms with E-state index in [2.05, 4.69) is 14.4 Å². The van der Waals surface area contributed by atoms with Gasteiger partial charge in [0, 0.05) is 44.7 Å². The molecule has 0 radical (unpaired) electrons. The normalized spacial score (nSPS) is 16.7. The van der Waals surface area contributed by atoms with Crippen LogP contribution in [0.5, 0.6) is 5.75 Å². The Hall–Kier alpha value is -4.41. The molecule has 2 heterocycles. The molecule has 16 heteroatoms. The van der Waals surface area contributed by atoms with E-state index in [1.54, 1.807) is 39.0 Å². The number of nitrogens with one attached hydrogen (secondary N) is 2. The topological polar surface area (TPSA) is 190 Å². The van der Waals surface area contributed by atoms with E-state index in [9.17, 15) is 26.4 Å². The maximum absolute atomic E-state index is 13.8. The number of carbonyl (C=O) groups is 2. The monoisotopic (exact) mass is 756 g/mol. The molecule has 4 N–H and O–H groups in total. The van der Waals surface area contributed by atoms with Gasteiger partial charge < -0.3 is 30.3 Å². The second-order valence-corrected chi connectivity index (χ2v) is 17.0. The van der Waals surface area contributed by atoms with Gasteiger partial charge in [-0.15, -0.1) is 4.40 Å². The number of sulfonamides is 2. The van der Waals surface area contributed by atoms with E-state index in [1.807, 2.05) is 39.0 Å². The van der Waals surface area contributed by atoms with Crippen molar-refractivity contribution in [1.82, 2.24) is 19.8 Å². The summed E-state index contributed by atoms with van der Waals surface area (Å²) in [6.45, 7) is 12.1. The van der Waals surface area contributed by atoms with Crippen molar-refractivity contribution in [2.24, 2.45) is 10.1 Å². The largest absolute Gasteiger partial charge is 0.487 e. The summed E-state index contributed by atoms with van der Waals surface area (Å²) in [4.78, 5) is 29.1. The zero-order chi connectivity index (χ0) is 38.0. The molecule has 0 saturated carbocycles. The van der Waals surface area contributed by atoms with Crippen molar-refractivity contribution >= 4 is 48.8 Å². The van der Waals surface area contributed by atoms with E-state index in [0.717, 1.165) is 21.9 Å². The molecular weight excluding hydrogens is 709 g/mol. The Morgan fingerprint density at radius 2 is 1.62 bits per heavy atom. The van der Waals surface area contributed by atoms with Gasteiger partial charge in [-0.3, -0.25) is 4.79 Å². The highest BCUT2D eigenvalue weighted by molar-refractivity contribution is 7.90. The summed E-state index contributed by atoms with van der Waals surface area (Å²) in [5.74, 6) is -0.0688. The van der Waals surface area contributed by atoms with Gasteiger partial charge in [-0.1, -0.05) is 30.3 Å². The van der Waals surface area contributed by atoms with Crippen molar-refractivity contribution < 1.29 is 35.9 Å². The van der Waals surface area contributed by atoms with Gasteiger partial charge in [0.15, 0.2) is 0 Å². The Balaban J connectivity index is 1.29. The Bertz CT molecular complexity index is 2110. The first-order valence-corrected chi connectivity index (χ1v) is 20.2. The van der Waals surface area contributed by atoms with Crippen LogP contribution in [0.25, 0.3) is 10.8 Å². The number of carbonyl (C=O) groups excluding carboxylic acids is 2. The minimum Gasteiger partial charge on any atom is -0.487 e. The minimum atomic E-state index is -4.21. The van der Waals surface area contributed by atoms with Crippen LogP contribution in [0.1, 0.15) is 55.9 Å². The first-order chi connectivity index (χ1) is 24.4. The molecule has 0 aliphatic carbocycles. The molecule has 0 aromatic heterocycles. The number of benzene rings is 3. The molecule has 52 heavy (non-hydrogen) atoms. The van der Waals surface area contributed by atoms with E-state index in [1.165, 1.54) is 15.9 Å². The molecule has 5 rings (SSSR count). The summed E-state index contributed by atoms with van der Waals surface area (Å²) in [6, 6.07) is 10.9.